The van der Waals surface area contributed by atoms with Crippen LogP contribution in [0, 0.1) is 5.92 Å². The van der Waals surface area contributed by atoms with Crippen LogP contribution in [0.25, 0.3) is 0 Å². The molecule has 0 aromatic heterocycles. The van der Waals surface area contributed by atoms with E-state index in [1.807, 2.05) is 0 Å². The Kier molecular flexibility index (Phi) is 3.72. The highest BCUT2D eigenvalue weighted by Crippen LogP contribution is 2.38. The molecule has 0 bridgehead atoms. The Morgan fingerprint density at radius 2 is 2.15 bits per heavy atom. The second-order valence-corrected chi connectivity index (χ2v) is 5.50. The van der Waals surface area contributed by atoms with Gasteiger partial charge in [-0.2, -0.15) is 0 Å². The molecule has 0 saturated heterocycles. The zero-order valence-corrected chi connectivity index (χ0v) is 11.7. The highest BCUT2D eigenvalue weighted by Gasteiger charge is 2.30. The van der Waals surface area contributed by atoms with E-state index in [1.165, 1.54) is 0 Å². The van der Waals surface area contributed by atoms with Gasteiger partial charge >= 0.3 is 0 Å². The summed E-state index contributed by atoms with van der Waals surface area (Å²) in [6, 6.07) is 3.16. The Morgan fingerprint density at radius 3 is 2.90 bits per heavy atom. The molecule has 6 heteroatoms. The molecule has 1 unspecified atom stereocenters. The van der Waals surface area contributed by atoms with Gasteiger partial charge in [-0.25, -0.2) is 0 Å². The molecule has 1 aliphatic carbocycles. The van der Waals surface area contributed by atoms with Gasteiger partial charge in [0.05, 0.1) is 11.1 Å². The van der Waals surface area contributed by atoms with Crippen molar-refractivity contribution in [3.05, 3.63) is 22.7 Å². The van der Waals surface area contributed by atoms with Crippen LogP contribution < -0.4 is 14.8 Å². The SMILES string of the molecule is O=C(NCC(O)C1CC1)c1cc(Cl)c2c(c1)OCCO2. The molecule has 3 rings (SSSR count). The van der Waals surface area contributed by atoms with Gasteiger partial charge in [0, 0.05) is 12.1 Å². The number of aliphatic hydroxyl groups excluding tert-OH is 1. The summed E-state index contributed by atoms with van der Waals surface area (Å²) < 4.78 is 10.8. The van der Waals surface area contributed by atoms with Gasteiger partial charge in [-0.05, 0) is 30.9 Å². The minimum atomic E-state index is -0.466. The number of nitrogens with one attached hydrogen (secondary N) is 1. The van der Waals surface area contributed by atoms with Crippen molar-refractivity contribution in [2.75, 3.05) is 19.8 Å². The Balaban J connectivity index is 1.69. The predicted octanol–water partition coefficient (Wildman–Crippen LogP) is 1.61. The lowest BCUT2D eigenvalue weighted by Crippen LogP contribution is -2.33. The second-order valence-electron chi connectivity index (χ2n) is 5.10. The number of hydrogen-bond acceptors (Lipinski definition) is 4. The summed E-state index contributed by atoms with van der Waals surface area (Å²) in [6.07, 6.45) is 1.60. The first kappa shape index (κ1) is 13.5. The number of halogens is 1. The summed E-state index contributed by atoms with van der Waals surface area (Å²) in [4.78, 5) is 12.1. The summed E-state index contributed by atoms with van der Waals surface area (Å²) in [6.45, 7) is 1.15. The van der Waals surface area contributed by atoms with E-state index in [1.54, 1.807) is 12.1 Å². The number of carbonyl (C=O) groups is 1. The molecule has 108 valence electrons. The third-order valence-electron chi connectivity index (χ3n) is 3.50. The maximum absolute atomic E-state index is 12.1. The Hall–Kier alpha value is -1.46. The van der Waals surface area contributed by atoms with E-state index >= 15 is 0 Å². The van der Waals surface area contributed by atoms with Crippen molar-refractivity contribution in [1.29, 1.82) is 0 Å². The molecule has 1 aliphatic heterocycles. The lowest BCUT2D eigenvalue weighted by Gasteiger charge is -2.20. The van der Waals surface area contributed by atoms with Crippen LogP contribution in [0.15, 0.2) is 12.1 Å². The quantitative estimate of drug-likeness (QED) is 0.886. The number of benzene rings is 1. The number of ether oxygens (including phenoxy) is 2. The van der Waals surface area contributed by atoms with E-state index in [0.29, 0.717) is 41.2 Å². The molecule has 2 N–H and O–H groups in total. The van der Waals surface area contributed by atoms with Crippen molar-refractivity contribution in [3.8, 4) is 11.5 Å². The minimum Gasteiger partial charge on any atom is -0.486 e. The number of fused-ring (bicyclic) bond motifs is 1. The third kappa shape index (κ3) is 2.83. The van der Waals surface area contributed by atoms with Gasteiger partial charge in [0.15, 0.2) is 11.5 Å². The first-order chi connectivity index (χ1) is 9.65. The van der Waals surface area contributed by atoms with Crippen LogP contribution in [0.1, 0.15) is 23.2 Å². The van der Waals surface area contributed by atoms with E-state index in [2.05, 4.69) is 5.32 Å². The molecular weight excluding hydrogens is 282 g/mol. The molecule has 5 nitrogen and oxygen atoms in total. The van der Waals surface area contributed by atoms with Gasteiger partial charge in [0.2, 0.25) is 0 Å². The molecule has 1 fully saturated rings. The smallest absolute Gasteiger partial charge is 0.251 e. The molecule has 1 aromatic carbocycles. The summed E-state index contributed by atoms with van der Waals surface area (Å²) in [5.74, 6) is 1.02. The zero-order valence-electron chi connectivity index (χ0n) is 10.9. The van der Waals surface area contributed by atoms with E-state index < -0.39 is 6.10 Å². The van der Waals surface area contributed by atoms with Crippen LogP contribution >= 0.6 is 11.6 Å². The van der Waals surface area contributed by atoms with Crippen molar-refractivity contribution >= 4 is 17.5 Å². The van der Waals surface area contributed by atoms with Crippen molar-refractivity contribution < 1.29 is 19.4 Å². The maximum atomic E-state index is 12.1. The molecule has 0 radical (unpaired) electrons. The van der Waals surface area contributed by atoms with Crippen LogP contribution in [0.4, 0.5) is 0 Å². The standard InChI is InChI=1S/C14H16ClNO4/c15-10-5-9(6-12-13(10)20-4-3-19-12)14(18)16-7-11(17)8-1-2-8/h5-6,8,11,17H,1-4,7H2,(H,16,18). The monoisotopic (exact) mass is 297 g/mol. The summed E-state index contributed by atoms with van der Waals surface area (Å²) in [7, 11) is 0. The number of carbonyl (C=O) groups excluding carboxylic acids is 1. The fourth-order valence-corrected chi connectivity index (χ4v) is 2.45. The Bertz CT molecular complexity index is 530. The zero-order chi connectivity index (χ0) is 14.1. The molecule has 1 atom stereocenters. The first-order valence-corrected chi connectivity index (χ1v) is 7.08. The van der Waals surface area contributed by atoms with E-state index in [9.17, 15) is 9.90 Å². The van der Waals surface area contributed by atoms with Crippen LogP contribution in [0.2, 0.25) is 5.02 Å². The molecule has 1 saturated carbocycles. The topological polar surface area (TPSA) is 67.8 Å². The molecule has 1 amide bonds. The molecule has 0 spiro atoms. The first-order valence-electron chi connectivity index (χ1n) is 6.70. The molecule has 1 heterocycles. The lowest BCUT2D eigenvalue weighted by molar-refractivity contribution is 0.0900. The largest absolute Gasteiger partial charge is 0.486 e. The van der Waals surface area contributed by atoms with Crippen LogP contribution in [0.5, 0.6) is 11.5 Å². The summed E-state index contributed by atoms with van der Waals surface area (Å²) in [5, 5.41) is 12.8. The van der Waals surface area contributed by atoms with Crippen molar-refractivity contribution in [1.82, 2.24) is 5.32 Å². The van der Waals surface area contributed by atoms with E-state index in [-0.39, 0.29) is 12.5 Å². The normalized spacial score (nSPS) is 18.5. The summed E-state index contributed by atoms with van der Waals surface area (Å²) in [5.41, 5.74) is 0.405. The Morgan fingerprint density at radius 1 is 1.40 bits per heavy atom. The van der Waals surface area contributed by atoms with E-state index in [0.717, 1.165) is 12.8 Å². The molecule has 20 heavy (non-hydrogen) atoms. The van der Waals surface area contributed by atoms with Crippen molar-refractivity contribution in [2.45, 2.75) is 18.9 Å². The van der Waals surface area contributed by atoms with Crippen molar-refractivity contribution in [3.63, 3.8) is 0 Å². The number of aliphatic hydroxyl groups is 1. The Labute approximate surface area is 121 Å². The third-order valence-corrected chi connectivity index (χ3v) is 3.78. The number of amides is 1. The molecule has 1 aromatic rings. The van der Waals surface area contributed by atoms with Gasteiger partial charge in [0.25, 0.3) is 5.91 Å². The second kappa shape index (κ2) is 5.50. The number of hydrogen-bond donors (Lipinski definition) is 2. The van der Waals surface area contributed by atoms with Crippen LogP contribution in [0.3, 0.4) is 0 Å². The van der Waals surface area contributed by atoms with Crippen molar-refractivity contribution in [2.24, 2.45) is 5.92 Å². The van der Waals surface area contributed by atoms with Gasteiger partial charge in [-0.15, -0.1) is 0 Å². The average molecular weight is 298 g/mol. The fourth-order valence-electron chi connectivity index (χ4n) is 2.19. The van der Waals surface area contributed by atoms with Crippen LogP contribution in [-0.4, -0.2) is 36.9 Å². The van der Waals surface area contributed by atoms with Gasteiger partial charge in [-0.1, -0.05) is 11.6 Å². The molecule has 2 aliphatic rings. The fraction of sp³-hybridized carbons (Fsp3) is 0.500. The van der Waals surface area contributed by atoms with Gasteiger partial charge in [-0.3, -0.25) is 4.79 Å². The predicted molar refractivity (Wildman–Crippen MR) is 73.5 cm³/mol. The van der Waals surface area contributed by atoms with E-state index in [4.69, 9.17) is 21.1 Å². The van der Waals surface area contributed by atoms with Gasteiger partial charge in [0.1, 0.15) is 13.2 Å². The maximum Gasteiger partial charge on any atom is 0.251 e. The van der Waals surface area contributed by atoms with Crippen LogP contribution in [-0.2, 0) is 0 Å². The number of rotatable bonds is 4. The molecular formula is C14H16ClNO4. The minimum absolute atomic E-state index is 0.259. The highest BCUT2D eigenvalue weighted by molar-refractivity contribution is 6.32. The van der Waals surface area contributed by atoms with Gasteiger partial charge < -0.3 is 19.9 Å². The average Bonchev–Trinajstić information content (AvgIpc) is 3.29. The summed E-state index contributed by atoms with van der Waals surface area (Å²) >= 11 is 6.08. The highest BCUT2D eigenvalue weighted by atomic mass is 35.5. The lowest BCUT2D eigenvalue weighted by atomic mass is 10.1.